The second kappa shape index (κ2) is 8.73. The third-order valence-electron chi connectivity index (χ3n) is 5.45. The number of hydrogen-bond donors (Lipinski definition) is 1. The minimum atomic E-state index is -1.15. The summed E-state index contributed by atoms with van der Waals surface area (Å²) in [5.74, 6) is -1.15. The Morgan fingerprint density at radius 2 is 1.73 bits per heavy atom. The van der Waals surface area contributed by atoms with Gasteiger partial charge in [-0.15, -0.1) is 5.10 Å². The number of rotatable bonds is 5. The summed E-state index contributed by atoms with van der Waals surface area (Å²) in [6, 6.07) is 22.2. The van der Waals surface area contributed by atoms with Crippen LogP contribution in [-0.4, -0.2) is 25.2 Å². The van der Waals surface area contributed by atoms with Crippen molar-refractivity contribution in [2.45, 2.75) is 6.54 Å². The van der Waals surface area contributed by atoms with Crippen molar-refractivity contribution < 1.29 is 9.90 Å². The number of hydrogen-bond acceptors (Lipinski definition) is 5. The summed E-state index contributed by atoms with van der Waals surface area (Å²) in [6.07, 6.45) is 0. The Bertz CT molecular complexity index is 1530. The first kappa shape index (κ1) is 21.2. The molecule has 0 aliphatic carbocycles. The van der Waals surface area contributed by atoms with E-state index in [9.17, 15) is 14.7 Å². The number of carboxylic acids is 1. The molecule has 1 N–H and O–H groups in total. The average molecular weight is 518 g/mol. The van der Waals surface area contributed by atoms with Crippen LogP contribution < -0.4 is 5.56 Å². The van der Waals surface area contributed by atoms with Gasteiger partial charge in [-0.1, -0.05) is 75.0 Å². The number of pyridine rings is 1. The zero-order valence-corrected chi connectivity index (χ0v) is 19.5. The topological polar surface area (TPSA) is 85.1 Å². The van der Waals surface area contributed by atoms with Crippen molar-refractivity contribution in [3.05, 3.63) is 104 Å². The summed E-state index contributed by atoms with van der Waals surface area (Å²) >= 11 is 4.73. The molecule has 0 saturated carbocycles. The number of aromatic carboxylic acids is 1. The quantitative estimate of drug-likeness (QED) is 0.323. The fourth-order valence-electron chi connectivity index (χ4n) is 3.94. The summed E-state index contributed by atoms with van der Waals surface area (Å²) in [4.78, 5) is 26.0. The number of carboxylic acid groups (broad SMARTS) is 1. The van der Waals surface area contributed by atoms with Crippen LogP contribution in [0.1, 0.15) is 16.1 Å². The second-order valence-corrected chi connectivity index (χ2v) is 8.99. The Morgan fingerprint density at radius 1 is 0.970 bits per heavy atom. The molecule has 6 nitrogen and oxygen atoms in total. The van der Waals surface area contributed by atoms with Gasteiger partial charge in [-0.05, 0) is 46.2 Å². The molecule has 33 heavy (non-hydrogen) atoms. The normalized spacial score (nSPS) is 11.1. The van der Waals surface area contributed by atoms with E-state index in [-0.39, 0.29) is 17.8 Å². The molecule has 162 valence electrons. The van der Waals surface area contributed by atoms with Gasteiger partial charge in [0.25, 0.3) is 5.56 Å². The Morgan fingerprint density at radius 3 is 2.39 bits per heavy atom. The molecule has 0 spiro atoms. The molecule has 2 heterocycles. The van der Waals surface area contributed by atoms with Crippen LogP contribution in [0.4, 0.5) is 0 Å². The summed E-state index contributed by atoms with van der Waals surface area (Å²) < 4.78 is 6.00. The van der Waals surface area contributed by atoms with Crippen LogP contribution in [0.3, 0.4) is 0 Å². The van der Waals surface area contributed by atoms with Crippen molar-refractivity contribution in [3.63, 3.8) is 0 Å². The SMILES string of the molecule is O=C(O)c1c(-c2ccccc2)c2cc(Br)ccc2c(=O)n1Cc1ccc(-c2csnn2)cc1. The molecule has 2 aromatic heterocycles. The number of aromatic nitrogens is 3. The van der Waals surface area contributed by atoms with Crippen molar-refractivity contribution in [1.29, 1.82) is 0 Å². The summed E-state index contributed by atoms with van der Waals surface area (Å²) in [5.41, 5.74) is 3.36. The van der Waals surface area contributed by atoms with E-state index in [0.717, 1.165) is 26.9 Å². The minimum absolute atomic E-state index is 0.0374. The van der Waals surface area contributed by atoms with Gasteiger partial charge in [0.15, 0.2) is 0 Å². The van der Waals surface area contributed by atoms with Crippen LogP contribution in [0.15, 0.2) is 87.4 Å². The molecule has 3 aromatic carbocycles. The Labute approximate surface area is 201 Å². The minimum Gasteiger partial charge on any atom is -0.477 e. The third kappa shape index (κ3) is 3.99. The highest BCUT2D eigenvalue weighted by molar-refractivity contribution is 9.10. The van der Waals surface area contributed by atoms with Crippen molar-refractivity contribution in [3.8, 4) is 22.4 Å². The monoisotopic (exact) mass is 517 g/mol. The summed E-state index contributed by atoms with van der Waals surface area (Å²) in [5, 5.41) is 17.2. The molecule has 0 radical (unpaired) electrons. The fourth-order valence-corrected chi connectivity index (χ4v) is 4.77. The zero-order valence-electron chi connectivity index (χ0n) is 17.1. The molecule has 5 rings (SSSR count). The van der Waals surface area contributed by atoms with Crippen LogP contribution in [0, 0.1) is 0 Å². The first-order valence-corrected chi connectivity index (χ1v) is 11.7. The first-order chi connectivity index (χ1) is 16.0. The maximum absolute atomic E-state index is 13.5. The van der Waals surface area contributed by atoms with Gasteiger partial charge in [0.05, 0.1) is 6.54 Å². The molecular formula is C25H16BrN3O3S. The van der Waals surface area contributed by atoms with Crippen molar-refractivity contribution in [2.75, 3.05) is 0 Å². The van der Waals surface area contributed by atoms with Gasteiger partial charge in [0, 0.05) is 26.4 Å². The van der Waals surface area contributed by atoms with E-state index in [0.29, 0.717) is 16.3 Å². The first-order valence-electron chi connectivity index (χ1n) is 10.0. The molecule has 0 amide bonds. The zero-order chi connectivity index (χ0) is 22.9. The number of benzene rings is 3. The molecule has 8 heteroatoms. The highest BCUT2D eigenvalue weighted by Crippen LogP contribution is 2.33. The van der Waals surface area contributed by atoms with E-state index in [1.807, 2.05) is 60.0 Å². The Balaban J connectivity index is 1.73. The predicted octanol–water partition coefficient (Wildman–Crippen LogP) is 5.70. The van der Waals surface area contributed by atoms with E-state index < -0.39 is 5.97 Å². The Hall–Kier alpha value is -3.62. The van der Waals surface area contributed by atoms with Gasteiger partial charge in [0.2, 0.25) is 0 Å². The number of carbonyl (C=O) groups is 1. The molecule has 0 unspecified atom stereocenters. The maximum Gasteiger partial charge on any atom is 0.353 e. The van der Waals surface area contributed by atoms with E-state index in [2.05, 4.69) is 25.5 Å². The van der Waals surface area contributed by atoms with Gasteiger partial charge in [-0.2, -0.15) is 0 Å². The molecule has 0 fully saturated rings. The molecule has 0 saturated heterocycles. The van der Waals surface area contributed by atoms with Crippen LogP contribution in [0.5, 0.6) is 0 Å². The largest absolute Gasteiger partial charge is 0.477 e. The third-order valence-corrected chi connectivity index (χ3v) is 6.45. The van der Waals surface area contributed by atoms with Crippen molar-refractivity contribution in [1.82, 2.24) is 14.2 Å². The van der Waals surface area contributed by atoms with Crippen LogP contribution >= 0.6 is 27.5 Å². The van der Waals surface area contributed by atoms with Crippen LogP contribution in [0.2, 0.25) is 0 Å². The van der Waals surface area contributed by atoms with E-state index in [4.69, 9.17) is 0 Å². The predicted molar refractivity (Wildman–Crippen MR) is 133 cm³/mol. The van der Waals surface area contributed by atoms with Crippen LogP contribution in [0.25, 0.3) is 33.2 Å². The smallest absolute Gasteiger partial charge is 0.353 e. The standard InChI is InChI=1S/C25H16BrN3O3S/c26-18-10-11-19-20(12-18)22(17-4-2-1-3-5-17)23(25(31)32)29(24(19)30)13-15-6-8-16(9-7-15)21-14-33-28-27-21/h1-12,14H,13H2,(H,31,32). The number of nitrogens with zero attached hydrogens (tertiary/aromatic N) is 3. The fraction of sp³-hybridized carbons (Fsp3) is 0.0400. The van der Waals surface area contributed by atoms with E-state index in [1.165, 1.54) is 16.1 Å². The van der Waals surface area contributed by atoms with Gasteiger partial charge in [0.1, 0.15) is 11.4 Å². The lowest BCUT2D eigenvalue weighted by Crippen LogP contribution is -2.28. The second-order valence-electron chi connectivity index (χ2n) is 7.46. The molecule has 0 atom stereocenters. The van der Waals surface area contributed by atoms with Gasteiger partial charge in [-0.25, -0.2) is 4.79 Å². The van der Waals surface area contributed by atoms with Gasteiger partial charge >= 0.3 is 5.97 Å². The lowest BCUT2D eigenvalue weighted by atomic mass is 9.96. The van der Waals surface area contributed by atoms with Crippen LogP contribution in [-0.2, 0) is 6.54 Å². The van der Waals surface area contributed by atoms with Crippen molar-refractivity contribution in [2.24, 2.45) is 0 Å². The molecule has 0 aliphatic heterocycles. The summed E-state index contributed by atoms with van der Waals surface area (Å²) in [6.45, 7) is 0.127. The lowest BCUT2D eigenvalue weighted by molar-refractivity contribution is 0.0685. The highest BCUT2D eigenvalue weighted by atomic mass is 79.9. The molecular weight excluding hydrogens is 502 g/mol. The van der Waals surface area contributed by atoms with Crippen molar-refractivity contribution >= 4 is 44.2 Å². The summed E-state index contributed by atoms with van der Waals surface area (Å²) in [7, 11) is 0. The molecule has 0 aliphatic rings. The number of fused-ring (bicyclic) bond motifs is 1. The van der Waals surface area contributed by atoms with Gasteiger partial charge < -0.3 is 5.11 Å². The van der Waals surface area contributed by atoms with E-state index in [1.54, 1.807) is 18.2 Å². The molecule has 0 bridgehead atoms. The van der Waals surface area contributed by atoms with E-state index >= 15 is 0 Å². The average Bonchev–Trinajstić information content (AvgIpc) is 3.36. The number of halogens is 1. The highest BCUT2D eigenvalue weighted by Gasteiger charge is 2.23. The Kier molecular flexibility index (Phi) is 5.62. The molecule has 5 aromatic rings. The maximum atomic E-state index is 13.5. The lowest BCUT2D eigenvalue weighted by Gasteiger charge is -2.18. The van der Waals surface area contributed by atoms with Gasteiger partial charge in [-0.3, -0.25) is 9.36 Å².